The highest BCUT2D eigenvalue weighted by Gasteiger charge is 2.05. The zero-order valence-electron chi connectivity index (χ0n) is 8.94. The van der Waals surface area contributed by atoms with E-state index in [1.54, 1.807) is 4.68 Å². The Morgan fingerprint density at radius 2 is 1.93 bits per heavy atom. The number of hydrogen-bond acceptors (Lipinski definition) is 2. The third-order valence-electron chi connectivity index (χ3n) is 2.49. The highest BCUT2D eigenvalue weighted by Crippen LogP contribution is 2.19. The Morgan fingerprint density at radius 1 is 1.27 bits per heavy atom. The Labute approximate surface area is 89.0 Å². The molecule has 15 heavy (non-hydrogen) atoms. The van der Waals surface area contributed by atoms with Crippen molar-refractivity contribution in [2.24, 2.45) is 7.05 Å². The van der Waals surface area contributed by atoms with Gasteiger partial charge in [-0.05, 0) is 13.0 Å². The average Bonchev–Trinajstić information content (AvgIpc) is 2.61. The van der Waals surface area contributed by atoms with Crippen molar-refractivity contribution in [2.75, 3.05) is 0 Å². The van der Waals surface area contributed by atoms with Gasteiger partial charge in [0.25, 0.3) is 0 Å². The van der Waals surface area contributed by atoms with Gasteiger partial charge in [-0.15, -0.1) is 0 Å². The van der Waals surface area contributed by atoms with Crippen LogP contribution in [0.25, 0.3) is 11.3 Å². The topological polar surface area (TPSA) is 38.0 Å². The summed E-state index contributed by atoms with van der Waals surface area (Å²) in [4.78, 5) is 0. The molecule has 0 spiro atoms. The predicted molar refractivity (Wildman–Crippen MR) is 59.3 cm³/mol. The summed E-state index contributed by atoms with van der Waals surface area (Å²) in [6, 6.07) is 10.1. The van der Waals surface area contributed by atoms with E-state index in [9.17, 15) is 0 Å². The highest BCUT2D eigenvalue weighted by atomic mass is 16.3. The molecule has 3 heteroatoms. The number of aliphatic hydroxyl groups excluding tert-OH is 1. The molecule has 1 heterocycles. The van der Waals surface area contributed by atoms with Gasteiger partial charge in [-0.3, -0.25) is 4.68 Å². The molecule has 0 fully saturated rings. The van der Waals surface area contributed by atoms with Gasteiger partial charge in [0, 0.05) is 12.6 Å². The van der Waals surface area contributed by atoms with E-state index in [4.69, 9.17) is 5.11 Å². The first-order chi connectivity index (χ1) is 7.20. The summed E-state index contributed by atoms with van der Waals surface area (Å²) < 4.78 is 1.70. The summed E-state index contributed by atoms with van der Waals surface area (Å²) in [7, 11) is 1.84. The second-order valence-electron chi connectivity index (χ2n) is 3.67. The van der Waals surface area contributed by atoms with Gasteiger partial charge in [0.2, 0.25) is 0 Å². The van der Waals surface area contributed by atoms with E-state index < -0.39 is 0 Å². The average molecular weight is 202 g/mol. The molecule has 0 saturated carbocycles. The molecule has 1 aromatic heterocycles. The van der Waals surface area contributed by atoms with Gasteiger partial charge in [0.15, 0.2) is 0 Å². The maximum absolute atomic E-state index is 9.06. The fourth-order valence-corrected chi connectivity index (χ4v) is 1.52. The number of aromatic nitrogens is 2. The normalized spacial score (nSPS) is 10.6. The van der Waals surface area contributed by atoms with Gasteiger partial charge in [0.1, 0.15) is 0 Å². The minimum absolute atomic E-state index is 0.0232. The highest BCUT2D eigenvalue weighted by molar-refractivity contribution is 5.59. The number of benzene rings is 1. The molecule has 2 rings (SSSR count). The molecule has 0 aliphatic rings. The second-order valence-corrected chi connectivity index (χ2v) is 3.67. The summed E-state index contributed by atoms with van der Waals surface area (Å²) in [5, 5.41) is 13.4. The van der Waals surface area contributed by atoms with Crippen LogP contribution in [0.3, 0.4) is 0 Å². The van der Waals surface area contributed by atoms with Crippen LogP contribution in [-0.4, -0.2) is 14.9 Å². The molecule has 0 radical (unpaired) electrons. The largest absolute Gasteiger partial charge is 0.390 e. The molecule has 0 unspecified atom stereocenters. The van der Waals surface area contributed by atoms with Crippen molar-refractivity contribution < 1.29 is 5.11 Å². The minimum Gasteiger partial charge on any atom is -0.390 e. The predicted octanol–water partition coefficient (Wildman–Crippen LogP) is 1.89. The van der Waals surface area contributed by atoms with Crippen LogP contribution in [0.2, 0.25) is 0 Å². The van der Waals surface area contributed by atoms with Crippen LogP contribution in [0, 0.1) is 6.92 Å². The van der Waals surface area contributed by atoms with Gasteiger partial charge in [-0.2, -0.15) is 5.10 Å². The lowest BCUT2D eigenvalue weighted by molar-refractivity contribution is 0.270. The molecule has 3 nitrogen and oxygen atoms in total. The van der Waals surface area contributed by atoms with Gasteiger partial charge in [-0.1, -0.05) is 29.8 Å². The standard InChI is InChI=1S/C12H14N2O/c1-9-3-5-10(6-4-9)12-7-11(8-15)14(2)13-12/h3-7,15H,8H2,1-2H3. The Balaban J connectivity index is 2.41. The number of nitrogens with zero attached hydrogens (tertiary/aromatic N) is 2. The lowest BCUT2D eigenvalue weighted by atomic mass is 10.1. The second kappa shape index (κ2) is 3.87. The monoisotopic (exact) mass is 202 g/mol. The molecular formula is C12H14N2O. The molecule has 0 amide bonds. The van der Waals surface area contributed by atoms with E-state index in [1.807, 2.05) is 25.2 Å². The molecule has 1 N–H and O–H groups in total. The maximum Gasteiger partial charge on any atom is 0.0926 e. The summed E-state index contributed by atoms with van der Waals surface area (Å²) in [5.41, 5.74) is 4.04. The van der Waals surface area contributed by atoms with Crippen LogP contribution >= 0.6 is 0 Å². The van der Waals surface area contributed by atoms with Crippen LogP contribution in [-0.2, 0) is 13.7 Å². The summed E-state index contributed by atoms with van der Waals surface area (Å²) in [6.07, 6.45) is 0. The molecule has 2 aromatic rings. The van der Waals surface area contributed by atoms with Crippen molar-refractivity contribution in [2.45, 2.75) is 13.5 Å². The minimum atomic E-state index is 0.0232. The zero-order chi connectivity index (χ0) is 10.8. The SMILES string of the molecule is Cc1ccc(-c2cc(CO)n(C)n2)cc1. The van der Waals surface area contributed by atoms with Crippen molar-refractivity contribution in [3.63, 3.8) is 0 Å². The fraction of sp³-hybridized carbons (Fsp3) is 0.250. The Hall–Kier alpha value is -1.61. The van der Waals surface area contributed by atoms with Crippen LogP contribution in [0.4, 0.5) is 0 Å². The van der Waals surface area contributed by atoms with E-state index >= 15 is 0 Å². The van der Waals surface area contributed by atoms with Gasteiger partial charge in [0.05, 0.1) is 18.0 Å². The van der Waals surface area contributed by atoms with E-state index in [2.05, 4.69) is 24.2 Å². The smallest absolute Gasteiger partial charge is 0.0926 e. The van der Waals surface area contributed by atoms with Crippen molar-refractivity contribution in [3.8, 4) is 11.3 Å². The Bertz CT molecular complexity index is 457. The summed E-state index contributed by atoms with van der Waals surface area (Å²) >= 11 is 0. The molecule has 1 aromatic carbocycles. The molecule has 0 aliphatic heterocycles. The lowest BCUT2D eigenvalue weighted by Gasteiger charge is -1.96. The van der Waals surface area contributed by atoms with E-state index in [-0.39, 0.29) is 6.61 Å². The third-order valence-corrected chi connectivity index (χ3v) is 2.49. The Kier molecular flexibility index (Phi) is 2.56. The Morgan fingerprint density at radius 3 is 2.47 bits per heavy atom. The van der Waals surface area contributed by atoms with Crippen molar-refractivity contribution in [1.82, 2.24) is 9.78 Å². The van der Waals surface area contributed by atoms with Gasteiger partial charge in [-0.25, -0.2) is 0 Å². The quantitative estimate of drug-likeness (QED) is 0.807. The number of aryl methyl sites for hydroxylation is 2. The molecular weight excluding hydrogens is 188 g/mol. The summed E-state index contributed by atoms with van der Waals surface area (Å²) in [5.74, 6) is 0. The van der Waals surface area contributed by atoms with Crippen molar-refractivity contribution >= 4 is 0 Å². The van der Waals surface area contributed by atoms with Crippen LogP contribution in [0.5, 0.6) is 0 Å². The molecule has 0 atom stereocenters. The maximum atomic E-state index is 9.06. The van der Waals surface area contributed by atoms with Crippen LogP contribution in [0.15, 0.2) is 30.3 Å². The fourth-order valence-electron chi connectivity index (χ4n) is 1.52. The van der Waals surface area contributed by atoms with E-state index in [1.165, 1.54) is 5.56 Å². The van der Waals surface area contributed by atoms with E-state index in [0.29, 0.717) is 0 Å². The molecule has 78 valence electrons. The first kappa shape index (κ1) is 9.93. The zero-order valence-corrected chi connectivity index (χ0v) is 8.94. The van der Waals surface area contributed by atoms with Crippen molar-refractivity contribution in [3.05, 3.63) is 41.6 Å². The molecule has 0 aliphatic carbocycles. The van der Waals surface area contributed by atoms with Crippen molar-refractivity contribution in [1.29, 1.82) is 0 Å². The molecule has 0 saturated heterocycles. The lowest BCUT2D eigenvalue weighted by Crippen LogP contribution is -1.96. The van der Waals surface area contributed by atoms with Crippen LogP contribution < -0.4 is 0 Å². The molecule has 0 bridgehead atoms. The van der Waals surface area contributed by atoms with E-state index in [0.717, 1.165) is 17.0 Å². The number of hydrogen-bond donors (Lipinski definition) is 1. The number of aliphatic hydroxyl groups is 1. The number of rotatable bonds is 2. The van der Waals surface area contributed by atoms with Gasteiger partial charge < -0.3 is 5.11 Å². The van der Waals surface area contributed by atoms with Crippen LogP contribution in [0.1, 0.15) is 11.3 Å². The first-order valence-corrected chi connectivity index (χ1v) is 4.91. The summed E-state index contributed by atoms with van der Waals surface area (Å²) in [6.45, 7) is 2.08. The first-order valence-electron chi connectivity index (χ1n) is 4.91. The third kappa shape index (κ3) is 1.92. The van der Waals surface area contributed by atoms with Gasteiger partial charge >= 0.3 is 0 Å².